The van der Waals surface area contributed by atoms with Crippen LogP contribution in [0.4, 0.5) is 0 Å². The number of halogens is 2. The highest BCUT2D eigenvalue weighted by molar-refractivity contribution is 8.13. The first-order valence-electron chi connectivity index (χ1n) is 9.22. The van der Waals surface area contributed by atoms with Crippen molar-refractivity contribution in [2.75, 3.05) is 12.9 Å². The van der Waals surface area contributed by atoms with E-state index in [1.807, 2.05) is 12.3 Å². The summed E-state index contributed by atoms with van der Waals surface area (Å²) in [7, 11) is 0. The predicted molar refractivity (Wildman–Crippen MR) is 122 cm³/mol. The fraction of sp³-hybridized carbons (Fsp3) is 0.227. The molecule has 1 aliphatic rings. The molecule has 2 aromatic rings. The van der Waals surface area contributed by atoms with E-state index in [1.165, 1.54) is 16.7 Å². The summed E-state index contributed by atoms with van der Waals surface area (Å²) < 4.78 is 5.29. The molecule has 1 heterocycles. The molecule has 0 aromatic heterocycles. The number of nitrogens with zero attached hydrogens (tertiary/aromatic N) is 2. The summed E-state index contributed by atoms with van der Waals surface area (Å²) in [5, 5.41) is 1.33. The second-order valence-electron chi connectivity index (χ2n) is 6.45. The fourth-order valence-electron chi connectivity index (χ4n) is 3.23. The zero-order chi connectivity index (χ0) is 21.8. The van der Waals surface area contributed by atoms with Gasteiger partial charge in [-0.25, -0.2) is 9.79 Å². The summed E-state index contributed by atoms with van der Waals surface area (Å²) in [6.45, 7) is 3.65. The zero-order valence-corrected chi connectivity index (χ0v) is 19.0. The van der Waals surface area contributed by atoms with Crippen LogP contribution in [0.5, 0.6) is 0 Å². The normalized spacial score (nSPS) is 16.4. The molecule has 1 atom stereocenters. The van der Waals surface area contributed by atoms with Gasteiger partial charge in [0.15, 0.2) is 5.17 Å². The van der Waals surface area contributed by atoms with Gasteiger partial charge in [0.1, 0.15) is 6.04 Å². The Morgan fingerprint density at radius 2 is 1.77 bits per heavy atom. The third-order valence-corrected chi connectivity index (χ3v) is 5.62. The number of esters is 1. The van der Waals surface area contributed by atoms with Crippen LogP contribution in [-0.4, -0.2) is 34.8 Å². The van der Waals surface area contributed by atoms with E-state index in [4.69, 9.17) is 32.9 Å². The molecule has 0 N–H and O–H groups in total. The lowest BCUT2D eigenvalue weighted by Gasteiger charge is -2.33. The lowest BCUT2D eigenvalue weighted by atomic mass is 9.95. The molecule has 2 aromatic carbocycles. The molecular weight excluding hydrogens is 443 g/mol. The number of amides is 1. The van der Waals surface area contributed by atoms with E-state index in [0.717, 1.165) is 0 Å². The monoisotopic (exact) mass is 462 g/mol. The SMILES string of the molecule is CCOC(=O)C1=C(C)N(C(=O)c2ccccc2)C(SC)=N[C@H]1c1cc(Cl)cc(Cl)c1. The van der Waals surface area contributed by atoms with Gasteiger partial charge in [0, 0.05) is 21.3 Å². The summed E-state index contributed by atoms with van der Waals surface area (Å²) in [4.78, 5) is 32.3. The summed E-state index contributed by atoms with van der Waals surface area (Å²) in [6.07, 6.45) is 1.83. The summed E-state index contributed by atoms with van der Waals surface area (Å²) in [6, 6.07) is 13.2. The van der Waals surface area contributed by atoms with E-state index in [2.05, 4.69) is 0 Å². The topological polar surface area (TPSA) is 59.0 Å². The standard InChI is InChI=1S/C22H20Cl2N2O3S/c1-4-29-21(28)18-13(2)26(20(27)14-8-6-5-7-9-14)22(30-3)25-19(18)15-10-16(23)12-17(24)11-15/h5-12,19H,4H2,1-3H3/t19-/m0/s1. The number of thioether (sulfide) groups is 1. The molecule has 1 amide bonds. The van der Waals surface area contributed by atoms with Gasteiger partial charge in [-0.15, -0.1) is 0 Å². The van der Waals surface area contributed by atoms with E-state index >= 15 is 0 Å². The molecule has 1 aliphatic heterocycles. The van der Waals surface area contributed by atoms with Gasteiger partial charge in [-0.1, -0.05) is 53.2 Å². The Morgan fingerprint density at radius 1 is 1.13 bits per heavy atom. The number of carbonyl (C=O) groups is 2. The number of allylic oxidation sites excluding steroid dienone is 1. The molecule has 0 fully saturated rings. The molecule has 3 rings (SSSR count). The van der Waals surface area contributed by atoms with Crippen molar-refractivity contribution in [3.63, 3.8) is 0 Å². The summed E-state index contributed by atoms with van der Waals surface area (Å²) in [5.74, 6) is -0.809. The maximum atomic E-state index is 13.3. The highest BCUT2D eigenvalue weighted by Gasteiger charge is 2.37. The van der Waals surface area contributed by atoms with Crippen LogP contribution in [0.2, 0.25) is 10.0 Å². The number of benzene rings is 2. The van der Waals surface area contributed by atoms with E-state index < -0.39 is 12.0 Å². The van der Waals surface area contributed by atoms with Crippen LogP contribution in [0.1, 0.15) is 35.8 Å². The smallest absolute Gasteiger partial charge is 0.338 e. The minimum Gasteiger partial charge on any atom is -0.463 e. The van der Waals surface area contributed by atoms with Crippen LogP contribution in [0.15, 0.2) is 64.8 Å². The summed E-state index contributed by atoms with van der Waals surface area (Å²) >= 11 is 13.7. The van der Waals surface area contributed by atoms with Gasteiger partial charge in [-0.3, -0.25) is 9.69 Å². The first-order valence-corrected chi connectivity index (χ1v) is 11.2. The van der Waals surface area contributed by atoms with Gasteiger partial charge < -0.3 is 4.74 Å². The Labute approximate surface area is 189 Å². The van der Waals surface area contributed by atoms with Crippen LogP contribution in [0, 0.1) is 0 Å². The molecule has 0 aliphatic carbocycles. The average Bonchev–Trinajstić information content (AvgIpc) is 2.72. The molecular formula is C22H20Cl2N2O3S. The maximum absolute atomic E-state index is 13.3. The van der Waals surface area contributed by atoms with E-state index in [-0.39, 0.29) is 18.1 Å². The Kier molecular flexibility index (Phi) is 7.23. The quantitative estimate of drug-likeness (QED) is 0.542. The summed E-state index contributed by atoms with van der Waals surface area (Å²) in [5.41, 5.74) is 1.87. The largest absolute Gasteiger partial charge is 0.463 e. The molecule has 0 saturated heterocycles. The first-order chi connectivity index (χ1) is 14.4. The molecule has 0 radical (unpaired) electrons. The van der Waals surface area contributed by atoms with Crippen molar-refractivity contribution in [1.29, 1.82) is 0 Å². The Bertz CT molecular complexity index is 1020. The molecule has 8 heteroatoms. The maximum Gasteiger partial charge on any atom is 0.338 e. The van der Waals surface area contributed by atoms with Crippen LogP contribution in [0.3, 0.4) is 0 Å². The van der Waals surface area contributed by atoms with E-state index in [0.29, 0.717) is 32.0 Å². The van der Waals surface area contributed by atoms with Crippen molar-refractivity contribution in [3.8, 4) is 0 Å². The predicted octanol–water partition coefficient (Wildman–Crippen LogP) is 5.75. The van der Waals surface area contributed by atoms with Gasteiger partial charge in [0.2, 0.25) is 0 Å². The molecule has 0 spiro atoms. The van der Waals surface area contributed by atoms with Crippen molar-refractivity contribution < 1.29 is 14.3 Å². The minimum absolute atomic E-state index is 0.199. The zero-order valence-electron chi connectivity index (χ0n) is 16.7. The van der Waals surface area contributed by atoms with Crippen LogP contribution in [-0.2, 0) is 9.53 Å². The van der Waals surface area contributed by atoms with Gasteiger partial charge in [0.25, 0.3) is 5.91 Å². The molecule has 5 nitrogen and oxygen atoms in total. The number of rotatable bonds is 4. The van der Waals surface area contributed by atoms with E-state index in [9.17, 15) is 9.59 Å². The first kappa shape index (κ1) is 22.4. The Morgan fingerprint density at radius 3 is 2.33 bits per heavy atom. The van der Waals surface area contributed by atoms with Gasteiger partial charge in [0.05, 0.1) is 12.2 Å². The number of aliphatic imine (C=N–C) groups is 1. The van der Waals surface area contributed by atoms with Gasteiger partial charge in [-0.2, -0.15) is 0 Å². The molecule has 30 heavy (non-hydrogen) atoms. The third-order valence-electron chi connectivity index (χ3n) is 4.53. The van der Waals surface area contributed by atoms with E-state index in [1.54, 1.807) is 56.3 Å². The minimum atomic E-state index is -0.692. The second-order valence-corrected chi connectivity index (χ2v) is 8.09. The molecule has 0 unspecified atom stereocenters. The van der Waals surface area contributed by atoms with Crippen molar-refractivity contribution in [3.05, 3.63) is 81.0 Å². The third kappa shape index (κ3) is 4.56. The Balaban J connectivity index is 2.17. The van der Waals surface area contributed by atoms with Gasteiger partial charge >= 0.3 is 5.97 Å². The molecule has 0 bridgehead atoms. The lowest BCUT2D eigenvalue weighted by Crippen LogP contribution is -2.39. The number of hydrogen-bond acceptors (Lipinski definition) is 5. The highest BCUT2D eigenvalue weighted by atomic mass is 35.5. The van der Waals surface area contributed by atoms with Crippen molar-refractivity contribution in [2.24, 2.45) is 4.99 Å². The average molecular weight is 463 g/mol. The fourth-order valence-corrected chi connectivity index (χ4v) is 4.39. The molecule has 0 saturated carbocycles. The van der Waals surface area contributed by atoms with Crippen molar-refractivity contribution in [1.82, 2.24) is 4.90 Å². The van der Waals surface area contributed by atoms with Crippen molar-refractivity contribution in [2.45, 2.75) is 19.9 Å². The van der Waals surface area contributed by atoms with Crippen molar-refractivity contribution >= 4 is 52.0 Å². The molecule has 156 valence electrons. The second kappa shape index (κ2) is 9.69. The van der Waals surface area contributed by atoms with Crippen LogP contribution >= 0.6 is 35.0 Å². The number of carbonyl (C=O) groups excluding carboxylic acids is 2. The number of ether oxygens (including phenoxy) is 1. The number of amidine groups is 1. The highest BCUT2D eigenvalue weighted by Crippen LogP contribution is 2.38. The van der Waals surface area contributed by atoms with Crippen LogP contribution in [0.25, 0.3) is 0 Å². The van der Waals surface area contributed by atoms with Gasteiger partial charge in [-0.05, 0) is 56.0 Å². The lowest BCUT2D eigenvalue weighted by molar-refractivity contribution is -0.139. The Hall–Kier alpha value is -2.28. The van der Waals surface area contributed by atoms with Crippen LogP contribution < -0.4 is 0 Å². The number of hydrogen-bond donors (Lipinski definition) is 0.